The first-order valence-electron chi connectivity index (χ1n) is 10.5. The number of carbonyl (C=O) groups excluding carboxylic acids is 6. The normalized spacial score (nSPS) is 25.3. The Kier molecular flexibility index (Phi) is 13.0. The summed E-state index contributed by atoms with van der Waals surface area (Å²) in [6.07, 6.45) is -2.05. The van der Waals surface area contributed by atoms with Crippen molar-refractivity contribution in [1.29, 1.82) is 0 Å². The number of carbonyl (C=O) groups is 6. The van der Waals surface area contributed by atoms with Gasteiger partial charge in [0.15, 0.2) is 0 Å². The number of urea groups is 1. The lowest BCUT2D eigenvalue weighted by molar-refractivity contribution is -0.136. The van der Waals surface area contributed by atoms with Crippen LogP contribution < -0.4 is 37.9 Å². The lowest BCUT2D eigenvalue weighted by atomic mass is 10.1. The fourth-order valence-electron chi connectivity index (χ4n) is 2.63. The number of hydrogen-bond donors (Lipinski definition) is 9. The van der Waals surface area contributed by atoms with Crippen molar-refractivity contribution in [3.8, 4) is 0 Å². The number of nitrogens with two attached hydrogens (primary N) is 1. The molecule has 1 aliphatic heterocycles. The first kappa shape index (κ1) is 29.5. The quantitative estimate of drug-likeness (QED) is 0.175. The molecular weight excluding hydrogens is 474 g/mol. The summed E-state index contributed by atoms with van der Waals surface area (Å²) >= 11 is 0. The molecule has 0 radical (unpaired) electrons. The van der Waals surface area contributed by atoms with Gasteiger partial charge in [-0.15, -0.1) is 0 Å². The molecule has 0 spiro atoms. The standard InChI is InChI=1S/C18H31N7O10/c1-9(27)14-17(32)25-24-16(31)10(6-12(19)28)21-18(33)22-11(7-26)15(30)20-2-3-34-4-5-35-8-13(29)23-14/h9-11,14,26-27H,2-8H2,1H3,(H2,19,28)(H,20,30)(H,23,29)(H,24,31)(H,25,32)(H2,21,22,33)/t9-,10+,11+,14?/m0/s1. The number of primary amides is 1. The van der Waals surface area contributed by atoms with Crippen LogP contribution in [0, 0.1) is 0 Å². The molecule has 1 unspecified atom stereocenters. The van der Waals surface area contributed by atoms with Crippen molar-refractivity contribution in [2.24, 2.45) is 5.73 Å². The molecule has 4 atom stereocenters. The Balaban J connectivity index is 2.99. The van der Waals surface area contributed by atoms with Crippen LogP contribution in [0.1, 0.15) is 13.3 Å². The molecule has 0 aliphatic carbocycles. The number of aliphatic hydroxyl groups is 2. The summed E-state index contributed by atoms with van der Waals surface area (Å²) in [5.41, 5.74) is 9.00. The monoisotopic (exact) mass is 505 g/mol. The number of hydrogen-bond acceptors (Lipinski definition) is 10. The number of amides is 7. The Morgan fingerprint density at radius 3 is 2.23 bits per heavy atom. The van der Waals surface area contributed by atoms with Crippen molar-refractivity contribution in [2.45, 2.75) is 37.6 Å². The zero-order chi connectivity index (χ0) is 26.4. The third kappa shape index (κ3) is 11.4. The fourth-order valence-corrected chi connectivity index (χ4v) is 2.63. The van der Waals surface area contributed by atoms with Crippen molar-refractivity contribution in [3.63, 3.8) is 0 Å². The fraction of sp³-hybridized carbons (Fsp3) is 0.667. The first-order valence-corrected chi connectivity index (χ1v) is 10.5. The third-order valence-corrected chi connectivity index (χ3v) is 4.37. The van der Waals surface area contributed by atoms with E-state index in [-0.39, 0.29) is 26.4 Å². The van der Waals surface area contributed by atoms with Gasteiger partial charge in [-0.1, -0.05) is 0 Å². The Hall–Kier alpha value is -3.54. The van der Waals surface area contributed by atoms with Crippen LogP contribution in [-0.2, 0) is 33.4 Å². The van der Waals surface area contributed by atoms with Crippen LogP contribution in [0.15, 0.2) is 0 Å². The number of nitrogens with one attached hydrogen (secondary N) is 6. The maximum Gasteiger partial charge on any atom is 0.316 e. The molecule has 1 heterocycles. The Morgan fingerprint density at radius 1 is 0.971 bits per heavy atom. The smallest absolute Gasteiger partial charge is 0.316 e. The van der Waals surface area contributed by atoms with Gasteiger partial charge >= 0.3 is 6.03 Å². The van der Waals surface area contributed by atoms with E-state index in [0.717, 1.165) is 0 Å². The molecule has 7 amide bonds. The van der Waals surface area contributed by atoms with Gasteiger partial charge in [-0.05, 0) is 6.92 Å². The molecule has 0 saturated carbocycles. The largest absolute Gasteiger partial charge is 0.394 e. The van der Waals surface area contributed by atoms with Gasteiger partial charge in [0, 0.05) is 6.54 Å². The second-order valence-electron chi connectivity index (χ2n) is 7.30. The highest BCUT2D eigenvalue weighted by molar-refractivity contribution is 5.94. The molecule has 0 aromatic carbocycles. The second-order valence-corrected chi connectivity index (χ2v) is 7.30. The highest BCUT2D eigenvalue weighted by Gasteiger charge is 2.29. The van der Waals surface area contributed by atoms with Gasteiger partial charge in [0.05, 0.1) is 39.0 Å². The minimum absolute atomic E-state index is 0.00517. The van der Waals surface area contributed by atoms with Crippen LogP contribution in [0.3, 0.4) is 0 Å². The molecule has 10 N–H and O–H groups in total. The maximum atomic E-state index is 12.4. The molecule has 198 valence electrons. The number of ether oxygens (including phenoxy) is 2. The van der Waals surface area contributed by atoms with Gasteiger partial charge in [0.2, 0.25) is 17.7 Å². The van der Waals surface area contributed by atoms with Gasteiger partial charge < -0.3 is 46.7 Å². The van der Waals surface area contributed by atoms with Crippen LogP contribution in [0.25, 0.3) is 0 Å². The van der Waals surface area contributed by atoms with Gasteiger partial charge in [0.1, 0.15) is 24.7 Å². The second kappa shape index (κ2) is 15.4. The Morgan fingerprint density at radius 2 is 1.60 bits per heavy atom. The highest BCUT2D eigenvalue weighted by atomic mass is 16.5. The molecule has 1 fully saturated rings. The molecule has 1 aliphatic rings. The van der Waals surface area contributed by atoms with Gasteiger partial charge in [-0.3, -0.25) is 34.8 Å². The molecule has 35 heavy (non-hydrogen) atoms. The van der Waals surface area contributed by atoms with Crippen LogP contribution in [0.5, 0.6) is 0 Å². The predicted octanol–water partition coefficient (Wildman–Crippen LogP) is -5.93. The minimum atomic E-state index is -1.59. The van der Waals surface area contributed by atoms with E-state index in [1.54, 1.807) is 0 Å². The zero-order valence-electron chi connectivity index (χ0n) is 19.0. The van der Waals surface area contributed by atoms with Crippen LogP contribution in [0.4, 0.5) is 4.79 Å². The molecule has 17 heteroatoms. The number of rotatable bonds is 4. The maximum absolute atomic E-state index is 12.4. The summed E-state index contributed by atoms with van der Waals surface area (Å²) in [6.45, 7) is 0.133. The summed E-state index contributed by atoms with van der Waals surface area (Å²) in [5, 5.41) is 28.1. The van der Waals surface area contributed by atoms with E-state index >= 15 is 0 Å². The number of aliphatic hydroxyl groups excluding tert-OH is 2. The van der Waals surface area contributed by atoms with E-state index in [4.69, 9.17) is 15.2 Å². The average Bonchev–Trinajstić information content (AvgIpc) is 2.79. The van der Waals surface area contributed by atoms with Crippen LogP contribution in [-0.4, -0.2) is 110 Å². The Labute approximate surface area is 199 Å². The molecule has 17 nitrogen and oxygen atoms in total. The van der Waals surface area contributed by atoms with E-state index in [2.05, 4.69) is 21.3 Å². The first-order chi connectivity index (χ1) is 16.5. The third-order valence-electron chi connectivity index (χ3n) is 4.37. The topological polar surface area (TPSA) is 260 Å². The Bertz CT molecular complexity index is 779. The van der Waals surface area contributed by atoms with Crippen molar-refractivity contribution >= 4 is 35.6 Å². The van der Waals surface area contributed by atoms with Gasteiger partial charge in [0.25, 0.3) is 11.8 Å². The lowest BCUT2D eigenvalue weighted by Crippen LogP contribution is -2.61. The summed E-state index contributed by atoms with van der Waals surface area (Å²) in [4.78, 5) is 72.5. The van der Waals surface area contributed by atoms with Crippen LogP contribution >= 0.6 is 0 Å². The predicted molar refractivity (Wildman–Crippen MR) is 115 cm³/mol. The van der Waals surface area contributed by atoms with Gasteiger partial charge in [-0.2, -0.15) is 0 Å². The summed E-state index contributed by atoms with van der Waals surface area (Å²) in [5.74, 6) is -4.57. The van der Waals surface area contributed by atoms with E-state index < -0.39 is 79.4 Å². The summed E-state index contributed by atoms with van der Waals surface area (Å²) < 4.78 is 10.3. The number of hydrazine groups is 1. The van der Waals surface area contributed by atoms with Crippen molar-refractivity contribution in [2.75, 3.05) is 39.6 Å². The summed E-state index contributed by atoms with van der Waals surface area (Å²) in [6, 6.07) is -5.57. The van der Waals surface area contributed by atoms with E-state index in [9.17, 15) is 39.0 Å². The lowest BCUT2D eigenvalue weighted by Gasteiger charge is -2.23. The van der Waals surface area contributed by atoms with Crippen LogP contribution in [0.2, 0.25) is 0 Å². The van der Waals surface area contributed by atoms with E-state index in [1.165, 1.54) is 6.92 Å². The molecule has 1 saturated heterocycles. The highest BCUT2D eigenvalue weighted by Crippen LogP contribution is 1.96. The van der Waals surface area contributed by atoms with Crippen molar-refractivity contribution in [1.82, 2.24) is 32.1 Å². The minimum Gasteiger partial charge on any atom is -0.394 e. The zero-order valence-corrected chi connectivity index (χ0v) is 19.0. The van der Waals surface area contributed by atoms with Crippen molar-refractivity contribution < 1.29 is 48.5 Å². The van der Waals surface area contributed by atoms with E-state index in [1.807, 2.05) is 10.9 Å². The van der Waals surface area contributed by atoms with Crippen molar-refractivity contribution in [3.05, 3.63) is 0 Å². The molecule has 0 aromatic rings. The SMILES string of the molecule is C[C@H](O)C1NC(=O)COCCOCCNC(=O)[C@@H](CO)NC(=O)N[C@H](CC(N)=O)C(=O)NNC1=O. The molecule has 0 bridgehead atoms. The molecule has 1 rings (SSSR count). The van der Waals surface area contributed by atoms with E-state index in [0.29, 0.717) is 0 Å². The molecular formula is C18H31N7O10. The average molecular weight is 505 g/mol. The van der Waals surface area contributed by atoms with Gasteiger partial charge in [-0.25, -0.2) is 4.79 Å². The molecule has 0 aromatic heterocycles. The summed E-state index contributed by atoms with van der Waals surface area (Å²) in [7, 11) is 0.